The van der Waals surface area contributed by atoms with Gasteiger partial charge in [-0.1, -0.05) is 66.7 Å². The maximum atomic E-state index is 14.0. The lowest BCUT2D eigenvalue weighted by molar-refractivity contribution is -0.139. The number of anilines is 1. The van der Waals surface area contributed by atoms with Crippen molar-refractivity contribution in [2.24, 2.45) is 0 Å². The molecule has 0 aliphatic heterocycles. The fourth-order valence-corrected chi connectivity index (χ4v) is 5.76. The van der Waals surface area contributed by atoms with Crippen molar-refractivity contribution in [1.29, 1.82) is 0 Å². The summed E-state index contributed by atoms with van der Waals surface area (Å²) in [5.74, 6) is 0.306. The Labute approximate surface area is 247 Å². The van der Waals surface area contributed by atoms with Crippen molar-refractivity contribution in [3.8, 4) is 11.5 Å². The quantitative estimate of drug-likeness (QED) is 0.233. The average molecular weight is 586 g/mol. The Morgan fingerprint density at radius 3 is 1.83 bits per heavy atom. The molecule has 4 rings (SSSR count). The van der Waals surface area contributed by atoms with E-state index < -0.39 is 28.5 Å². The standard InChI is InChI=1S/C33H35N3O5S/c1-25(2)34-33(38)26(3)35(23-27-13-7-4-8-14-27)32(37)24-36(42(39,40)31-17-11-6-12-18-31)28-19-21-30(22-20-28)41-29-15-9-5-10-16-29/h4-22,25-26H,23-24H2,1-3H3,(H,34,38)/t26-/m1/s1. The average Bonchev–Trinajstić information content (AvgIpc) is 3.00. The van der Waals surface area contributed by atoms with Gasteiger partial charge in [-0.25, -0.2) is 8.42 Å². The van der Waals surface area contributed by atoms with Crippen molar-refractivity contribution >= 4 is 27.5 Å². The molecule has 0 bridgehead atoms. The molecule has 1 N–H and O–H groups in total. The van der Waals surface area contributed by atoms with Gasteiger partial charge in [0.05, 0.1) is 10.6 Å². The SMILES string of the molecule is CC(C)NC(=O)[C@@H](C)N(Cc1ccccc1)C(=O)CN(c1ccc(Oc2ccccc2)cc1)S(=O)(=O)c1ccccc1. The van der Waals surface area contributed by atoms with Crippen molar-refractivity contribution < 1.29 is 22.7 Å². The third kappa shape index (κ3) is 7.76. The molecular weight excluding hydrogens is 550 g/mol. The molecular formula is C33H35N3O5S. The summed E-state index contributed by atoms with van der Waals surface area (Å²) in [4.78, 5) is 28.4. The molecule has 0 aromatic heterocycles. The predicted octanol–water partition coefficient (Wildman–Crippen LogP) is 5.62. The highest BCUT2D eigenvalue weighted by atomic mass is 32.2. The molecule has 0 heterocycles. The van der Waals surface area contributed by atoms with Crippen molar-refractivity contribution in [3.05, 3.63) is 121 Å². The molecule has 0 aliphatic carbocycles. The number of hydrogen-bond donors (Lipinski definition) is 1. The Bertz CT molecular complexity index is 1560. The molecule has 4 aromatic rings. The highest BCUT2D eigenvalue weighted by Crippen LogP contribution is 2.28. The molecule has 0 unspecified atom stereocenters. The van der Waals surface area contributed by atoms with Crippen LogP contribution in [0.4, 0.5) is 5.69 Å². The fraction of sp³-hybridized carbons (Fsp3) is 0.212. The summed E-state index contributed by atoms with van der Waals surface area (Å²) < 4.78 is 34.8. The molecule has 0 radical (unpaired) electrons. The van der Waals surface area contributed by atoms with E-state index in [0.717, 1.165) is 9.87 Å². The topological polar surface area (TPSA) is 96.0 Å². The zero-order valence-electron chi connectivity index (χ0n) is 23.9. The first kappa shape index (κ1) is 30.3. The van der Waals surface area contributed by atoms with Crippen LogP contribution in [0, 0.1) is 0 Å². The number of nitrogens with zero attached hydrogens (tertiary/aromatic N) is 2. The van der Waals surface area contributed by atoms with Gasteiger partial charge in [-0.05, 0) is 74.9 Å². The molecule has 0 spiro atoms. The number of sulfonamides is 1. The Balaban J connectivity index is 1.68. The molecule has 42 heavy (non-hydrogen) atoms. The minimum absolute atomic E-state index is 0.0441. The first-order valence-corrected chi connectivity index (χ1v) is 15.1. The number of rotatable bonds is 12. The van der Waals surface area contributed by atoms with E-state index in [9.17, 15) is 18.0 Å². The molecule has 0 saturated carbocycles. The third-order valence-electron chi connectivity index (χ3n) is 6.51. The van der Waals surface area contributed by atoms with E-state index in [1.165, 1.54) is 17.0 Å². The molecule has 1 atom stereocenters. The van der Waals surface area contributed by atoms with Crippen molar-refractivity contribution in [2.75, 3.05) is 10.8 Å². The Morgan fingerprint density at radius 2 is 1.26 bits per heavy atom. The van der Waals surface area contributed by atoms with E-state index in [1.807, 2.05) is 74.5 Å². The number of ether oxygens (including phenoxy) is 1. The van der Waals surface area contributed by atoms with Gasteiger partial charge in [-0.15, -0.1) is 0 Å². The van der Waals surface area contributed by atoms with Gasteiger partial charge >= 0.3 is 0 Å². The molecule has 0 fully saturated rings. The van der Waals surface area contributed by atoms with Gasteiger partial charge < -0.3 is 15.0 Å². The van der Waals surface area contributed by atoms with Crippen LogP contribution in [0.2, 0.25) is 0 Å². The molecule has 0 aliphatic rings. The first-order valence-electron chi connectivity index (χ1n) is 13.7. The van der Waals surface area contributed by atoms with Gasteiger partial charge in [-0.3, -0.25) is 13.9 Å². The molecule has 218 valence electrons. The number of hydrogen-bond acceptors (Lipinski definition) is 5. The van der Waals surface area contributed by atoms with Crippen LogP contribution in [-0.4, -0.2) is 43.8 Å². The summed E-state index contributed by atoms with van der Waals surface area (Å²) in [6, 6.07) is 32.0. The molecule has 8 nitrogen and oxygen atoms in total. The molecule has 9 heteroatoms. The van der Waals surface area contributed by atoms with Gasteiger partial charge in [0.25, 0.3) is 10.0 Å². The van der Waals surface area contributed by atoms with Crippen molar-refractivity contribution in [3.63, 3.8) is 0 Å². The Kier molecular flexibility index (Phi) is 9.98. The minimum atomic E-state index is -4.15. The van der Waals surface area contributed by atoms with E-state index in [-0.39, 0.29) is 29.1 Å². The van der Waals surface area contributed by atoms with Gasteiger partial charge in [-0.2, -0.15) is 0 Å². The van der Waals surface area contributed by atoms with E-state index in [4.69, 9.17) is 4.74 Å². The van der Waals surface area contributed by atoms with Crippen LogP contribution < -0.4 is 14.4 Å². The second kappa shape index (κ2) is 13.8. The van der Waals surface area contributed by atoms with E-state index in [0.29, 0.717) is 11.5 Å². The van der Waals surface area contributed by atoms with Gasteiger partial charge in [0, 0.05) is 12.6 Å². The Hall–Kier alpha value is -4.63. The van der Waals surface area contributed by atoms with Gasteiger partial charge in [0.2, 0.25) is 11.8 Å². The Morgan fingerprint density at radius 1 is 0.738 bits per heavy atom. The van der Waals surface area contributed by atoms with Crippen molar-refractivity contribution in [1.82, 2.24) is 10.2 Å². The third-order valence-corrected chi connectivity index (χ3v) is 8.30. The van der Waals surface area contributed by atoms with Crippen LogP contribution >= 0.6 is 0 Å². The van der Waals surface area contributed by atoms with E-state index >= 15 is 0 Å². The van der Waals surface area contributed by atoms with E-state index in [1.54, 1.807) is 49.4 Å². The summed E-state index contributed by atoms with van der Waals surface area (Å²) in [5.41, 5.74) is 1.10. The van der Waals surface area contributed by atoms with Crippen molar-refractivity contribution in [2.45, 2.75) is 44.3 Å². The number of amides is 2. The molecule has 2 amide bonds. The van der Waals surface area contributed by atoms with Gasteiger partial charge in [0.15, 0.2) is 0 Å². The highest BCUT2D eigenvalue weighted by molar-refractivity contribution is 7.92. The number of nitrogens with one attached hydrogen (secondary N) is 1. The zero-order valence-corrected chi connectivity index (χ0v) is 24.7. The largest absolute Gasteiger partial charge is 0.457 e. The predicted molar refractivity (Wildman–Crippen MR) is 164 cm³/mol. The zero-order chi connectivity index (χ0) is 30.1. The lowest BCUT2D eigenvalue weighted by atomic mass is 10.1. The fourth-order valence-electron chi connectivity index (χ4n) is 4.32. The van der Waals surface area contributed by atoms with Crippen LogP contribution in [0.3, 0.4) is 0 Å². The van der Waals surface area contributed by atoms with Crippen LogP contribution in [0.5, 0.6) is 11.5 Å². The molecule has 4 aromatic carbocycles. The van der Waals surface area contributed by atoms with Crippen LogP contribution in [0.15, 0.2) is 120 Å². The second-order valence-corrected chi connectivity index (χ2v) is 11.9. The summed E-state index contributed by atoms with van der Waals surface area (Å²) >= 11 is 0. The lowest BCUT2D eigenvalue weighted by Gasteiger charge is -2.32. The summed E-state index contributed by atoms with van der Waals surface area (Å²) in [6.07, 6.45) is 0. The number of para-hydroxylation sites is 1. The van der Waals surface area contributed by atoms with E-state index in [2.05, 4.69) is 5.32 Å². The summed E-state index contributed by atoms with van der Waals surface area (Å²) in [7, 11) is -4.15. The normalized spacial score (nSPS) is 11.9. The van der Waals surface area contributed by atoms with Crippen LogP contribution in [0.1, 0.15) is 26.3 Å². The van der Waals surface area contributed by atoms with Gasteiger partial charge in [0.1, 0.15) is 24.1 Å². The number of carbonyl (C=O) groups excluding carboxylic acids is 2. The maximum Gasteiger partial charge on any atom is 0.264 e. The van der Waals surface area contributed by atoms with Crippen LogP contribution in [-0.2, 0) is 26.2 Å². The van der Waals surface area contributed by atoms with Crippen LogP contribution in [0.25, 0.3) is 0 Å². The first-order chi connectivity index (χ1) is 20.1. The second-order valence-electron chi connectivity index (χ2n) is 10.1. The highest BCUT2D eigenvalue weighted by Gasteiger charge is 2.32. The summed E-state index contributed by atoms with van der Waals surface area (Å²) in [6.45, 7) is 4.95. The number of benzene rings is 4. The monoisotopic (exact) mass is 585 g/mol. The number of carbonyl (C=O) groups is 2. The maximum absolute atomic E-state index is 14.0. The lowest BCUT2D eigenvalue weighted by Crippen LogP contribution is -2.52. The summed E-state index contributed by atoms with van der Waals surface area (Å²) in [5, 5.41) is 2.85. The smallest absolute Gasteiger partial charge is 0.264 e. The molecule has 0 saturated heterocycles. The minimum Gasteiger partial charge on any atom is -0.457 e.